The molecule has 0 saturated heterocycles. The summed E-state index contributed by atoms with van der Waals surface area (Å²) in [5.41, 5.74) is 5.60. The summed E-state index contributed by atoms with van der Waals surface area (Å²) in [5, 5.41) is 11.4. The highest BCUT2D eigenvalue weighted by Crippen LogP contribution is 2.10. The number of unbranched alkanes of at least 4 members (excludes halogenated alkanes) is 3. The van der Waals surface area contributed by atoms with Crippen molar-refractivity contribution in [1.29, 1.82) is 0 Å². The summed E-state index contributed by atoms with van der Waals surface area (Å²) < 4.78 is 0. The van der Waals surface area contributed by atoms with E-state index in [2.05, 4.69) is 19.2 Å². The largest absolute Gasteiger partial charge is 0.481 e. The van der Waals surface area contributed by atoms with Crippen LogP contribution in [0.5, 0.6) is 0 Å². The molecular weight excluding hydrogens is 244 g/mol. The fourth-order valence-corrected chi connectivity index (χ4v) is 1.99. The number of rotatable bonds is 11. The quantitative estimate of drug-likeness (QED) is 0.500. The summed E-state index contributed by atoms with van der Waals surface area (Å²) in [5.74, 6) is -0.322. The number of aliphatic carboxylic acids is 1. The summed E-state index contributed by atoms with van der Waals surface area (Å²) in [6, 6.07) is 0. The maximum Gasteiger partial charge on any atom is 0.303 e. The summed E-state index contributed by atoms with van der Waals surface area (Å²) in [6.07, 6.45) is 4.50. The molecule has 0 aromatic carbocycles. The Labute approximate surface area is 115 Å². The molecule has 0 aromatic heterocycles. The molecule has 4 N–H and O–H groups in total. The van der Waals surface area contributed by atoms with Gasteiger partial charge in [0.2, 0.25) is 5.91 Å². The maximum absolute atomic E-state index is 11.8. The molecule has 0 spiro atoms. The van der Waals surface area contributed by atoms with Crippen LogP contribution in [0.4, 0.5) is 0 Å². The van der Waals surface area contributed by atoms with Crippen LogP contribution in [0.2, 0.25) is 0 Å². The Hall–Kier alpha value is -1.10. The minimum absolute atomic E-state index is 0.0433. The first kappa shape index (κ1) is 17.9. The Morgan fingerprint density at radius 2 is 1.79 bits per heavy atom. The summed E-state index contributed by atoms with van der Waals surface area (Å²) >= 11 is 0. The summed E-state index contributed by atoms with van der Waals surface area (Å²) in [6.45, 7) is 5.21. The van der Waals surface area contributed by atoms with Crippen molar-refractivity contribution in [3.05, 3.63) is 0 Å². The van der Waals surface area contributed by atoms with Crippen LogP contribution in [0.3, 0.4) is 0 Å². The summed E-state index contributed by atoms with van der Waals surface area (Å²) in [7, 11) is 0. The SMILES string of the molecule is CC(C)CC(CN)C(=O)NCCCCCCC(=O)O. The molecule has 0 aliphatic heterocycles. The van der Waals surface area contributed by atoms with Crippen molar-refractivity contribution >= 4 is 11.9 Å². The lowest BCUT2D eigenvalue weighted by atomic mass is 9.96. The molecule has 0 bridgehead atoms. The molecule has 5 nitrogen and oxygen atoms in total. The summed E-state index contributed by atoms with van der Waals surface area (Å²) in [4.78, 5) is 22.1. The number of nitrogens with two attached hydrogens (primary N) is 1. The number of hydrogen-bond donors (Lipinski definition) is 3. The molecule has 1 amide bonds. The van der Waals surface area contributed by atoms with Gasteiger partial charge < -0.3 is 16.2 Å². The van der Waals surface area contributed by atoms with E-state index in [0.717, 1.165) is 25.7 Å². The third kappa shape index (κ3) is 10.5. The lowest BCUT2D eigenvalue weighted by Gasteiger charge is -2.16. The molecule has 0 radical (unpaired) electrons. The third-order valence-corrected chi connectivity index (χ3v) is 3.03. The molecule has 0 rings (SSSR count). The van der Waals surface area contributed by atoms with Gasteiger partial charge in [-0.1, -0.05) is 26.7 Å². The molecule has 0 aliphatic rings. The van der Waals surface area contributed by atoms with Gasteiger partial charge in [0.05, 0.1) is 5.92 Å². The number of carbonyl (C=O) groups is 2. The number of hydrogen-bond acceptors (Lipinski definition) is 3. The van der Waals surface area contributed by atoms with Crippen molar-refractivity contribution in [1.82, 2.24) is 5.32 Å². The molecular formula is C14H28N2O3. The van der Waals surface area contributed by atoms with E-state index in [4.69, 9.17) is 10.8 Å². The van der Waals surface area contributed by atoms with Gasteiger partial charge in [-0.25, -0.2) is 0 Å². The van der Waals surface area contributed by atoms with Gasteiger partial charge in [0.15, 0.2) is 0 Å². The van der Waals surface area contributed by atoms with Crippen LogP contribution in [-0.4, -0.2) is 30.1 Å². The first-order valence-corrected chi connectivity index (χ1v) is 7.17. The van der Waals surface area contributed by atoms with Crippen LogP contribution < -0.4 is 11.1 Å². The Balaban J connectivity index is 3.59. The van der Waals surface area contributed by atoms with E-state index in [9.17, 15) is 9.59 Å². The van der Waals surface area contributed by atoms with Crippen LogP contribution in [0.1, 0.15) is 52.4 Å². The van der Waals surface area contributed by atoms with Crippen molar-refractivity contribution in [3.63, 3.8) is 0 Å². The van der Waals surface area contributed by atoms with E-state index in [1.165, 1.54) is 0 Å². The normalized spacial score (nSPS) is 12.4. The zero-order valence-corrected chi connectivity index (χ0v) is 12.2. The third-order valence-electron chi connectivity index (χ3n) is 3.03. The molecule has 1 unspecified atom stereocenters. The topological polar surface area (TPSA) is 92.4 Å². The highest BCUT2D eigenvalue weighted by atomic mass is 16.4. The number of carbonyl (C=O) groups excluding carboxylic acids is 1. The van der Waals surface area contributed by atoms with Crippen molar-refractivity contribution in [2.45, 2.75) is 52.4 Å². The van der Waals surface area contributed by atoms with Gasteiger partial charge in [-0.15, -0.1) is 0 Å². The standard InChI is InChI=1S/C14H28N2O3/c1-11(2)9-12(10-15)14(19)16-8-6-4-3-5-7-13(17)18/h11-12H,3-10,15H2,1-2H3,(H,16,19)(H,17,18). The zero-order valence-electron chi connectivity index (χ0n) is 12.2. The number of carboxylic acid groups (broad SMARTS) is 1. The average molecular weight is 272 g/mol. The lowest BCUT2D eigenvalue weighted by Crippen LogP contribution is -2.36. The fourth-order valence-electron chi connectivity index (χ4n) is 1.99. The van der Waals surface area contributed by atoms with E-state index in [1.807, 2.05) is 0 Å². The van der Waals surface area contributed by atoms with Gasteiger partial charge >= 0.3 is 5.97 Å². The van der Waals surface area contributed by atoms with Crippen LogP contribution in [0, 0.1) is 11.8 Å². The average Bonchev–Trinajstić information content (AvgIpc) is 2.33. The molecule has 19 heavy (non-hydrogen) atoms. The molecule has 5 heteroatoms. The number of amides is 1. The van der Waals surface area contributed by atoms with Crippen molar-refractivity contribution in [2.75, 3.05) is 13.1 Å². The van der Waals surface area contributed by atoms with Crippen LogP contribution in [0.15, 0.2) is 0 Å². The molecule has 0 aromatic rings. The molecule has 0 saturated carbocycles. The first-order chi connectivity index (χ1) is 8.97. The minimum atomic E-state index is -0.743. The number of nitrogens with one attached hydrogen (secondary N) is 1. The predicted octanol–water partition coefficient (Wildman–Crippen LogP) is 1.76. The van der Waals surface area contributed by atoms with Crippen molar-refractivity contribution < 1.29 is 14.7 Å². The second-order valence-corrected chi connectivity index (χ2v) is 5.41. The second kappa shape index (κ2) is 10.8. The molecule has 0 heterocycles. The Kier molecular flexibility index (Phi) is 10.2. The van der Waals surface area contributed by atoms with Gasteiger partial charge in [0.1, 0.15) is 0 Å². The zero-order chi connectivity index (χ0) is 14.7. The van der Waals surface area contributed by atoms with Crippen LogP contribution in [0.25, 0.3) is 0 Å². The minimum Gasteiger partial charge on any atom is -0.481 e. The van der Waals surface area contributed by atoms with E-state index in [1.54, 1.807) is 0 Å². The Bertz CT molecular complexity index is 267. The van der Waals surface area contributed by atoms with Gasteiger partial charge in [-0.3, -0.25) is 9.59 Å². The van der Waals surface area contributed by atoms with Crippen LogP contribution >= 0.6 is 0 Å². The van der Waals surface area contributed by atoms with E-state index < -0.39 is 5.97 Å². The monoisotopic (exact) mass is 272 g/mol. The van der Waals surface area contributed by atoms with E-state index >= 15 is 0 Å². The first-order valence-electron chi connectivity index (χ1n) is 7.17. The van der Waals surface area contributed by atoms with Crippen LogP contribution in [-0.2, 0) is 9.59 Å². The molecule has 0 fully saturated rings. The lowest BCUT2D eigenvalue weighted by molar-refractivity contribution is -0.137. The second-order valence-electron chi connectivity index (χ2n) is 5.41. The van der Waals surface area contributed by atoms with Gasteiger partial charge in [-0.05, 0) is 25.2 Å². The maximum atomic E-state index is 11.8. The van der Waals surface area contributed by atoms with Crippen molar-refractivity contribution in [3.8, 4) is 0 Å². The fraction of sp³-hybridized carbons (Fsp3) is 0.857. The molecule has 112 valence electrons. The van der Waals surface area contributed by atoms with Crippen molar-refractivity contribution in [2.24, 2.45) is 17.6 Å². The molecule has 1 atom stereocenters. The van der Waals surface area contributed by atoms with Gasteiger partial charge in [-0.2, -0.15) is 0 Å². The van der Waals surface area contributed by atoms with Gasteiger partial charge in [0.25, 0.3) is 0 Å². The highest BCUT2D eigenvalue weighted by molar-refractivity contribution is 5.78. The smallest absolute Gasteiger partial charge is 0.303 e. The van der Waals surface area contributed by atoms with E-state index in [0.29, 0.717) is 25.4 Å². The predicted molar refractivity (Wildman–Crippen MR) is 75.7 cm³/mol. The Morgan fingerprint density at radius 3 is 2.32 bits per heavy atom. The highest BCUT2D eigenvalue weighted by Gasteiger charge is 2.17. The Morgan fingerprint density at radius 1 is 1.16 bits per heavy atom. The van der Waals surface area contributed by atoms with Gasteiger partial charge in [0, 0.05) is 19.5 Å². The number of carboxylic acids is 1. The van der Waals surface area contributed by atoms with E-state index in [-0.39, 0.29) is 18.2 Å². The molecule has 0 aliphatic carbocycles.